The molecule has 2 aromatic rings. The maximum atomic E-state index is 5.81. The highest BCUT2D eigenvalue weighted by Gasteiger charge is 2.19. The van der Waals surface area contributed by atoms with Gasteiger partial charge in [0.05, 0.1) is 0 Å². The highest BCUT2D eigenvalue weighted by atomic mass is 79.9. The van der Waals surface area contributed by atoms with E-state index in [2.05, 4.69) is 52.0 Å². The van der Waals surface area contributed by atoms with Crippen LogP contribution in [0.15, 0.2) is 34.8 Å². The molecule has 0 bridgehead atoms. The number of halogens is 1. The molecule has 1 aromatic carbocycles. The number of hydrogen-bond donors (Lipinski definition) is 1. The number of hydrogen-bond acceptors (Lipinski definition) is 4. The predicted molar refractivity (Wildman–Crippen MR) is 88.8 cm³/mol. The van der Waals surface area contributed by atoms with Crippen molar-refractivity contribution in [2.45, 2.75) is 32.8 Å². The van der Waals surface area contributed by atoms with Gasteiger partial charge in [0, 0.05) is 23.0 Å². The zero-order chi connectivity index (χ0) is 15.5. The van der Waals surface area contributed by atoms with Gasteiger partial charge in [0.15, 0.2) is 0 Å². The highest BCUT2D eigenvalue weighted by molar-refractivity contribution is 9.10. The minimum Gasteiger partial charge on any atom is -0.473 e. The van der Waals surface area contributed by atoms with Gasteiger partial charge in [-0.25, -0.2) is 4.98 Å². The number of benzene rings is 1. The Morgan fingerprint density at radius 3 is 2.57 bits per heavy atom. The molecule has 5 heteroatoms. The summed E-state index contributed by atoms with van der Waals surface area (Å²) in [4.78, 5) is 8.99. The van der Waals surface area contributed by atoms with Gasteiger partial charge in [-0.1, -0.05) is 48.8 Å². The van der Waals surface area contributed by atoms with E-state index in [0.29, 0.717) is 12.5 Å². The highest BCUT2D eigenvalue weighted by Crippen LogP contribution is 2.23. The van der Waals surface area contributed by atoms with Gasteiger partial charge in [0.25, 0.3) is 0 Å². The van der Waals surface area contributed by atoms with E-state index in [1.54, 1.807) is 0 Å². The third kappa shape index (κ3) is 4.43. The summed E-state index contributed by atoms with van der Waals surface area (Å²) in [6.07, 6.45) is 0. The molecule has 1 aromatic heterocycles. The van der Waals surface area contributed by atoms with Crippen LogP contribution in [-0.4, -0.2) is 17.0 Å². The maximum Gasteiger partial charge on any atom is 0.219 e. The van der Waals surface area contributed by atoms with E-state index in [-0.39, 0.29) is 5.41 Å². The average Bonchev–Trinajstić information content (AvgIpc) is 2.44. The number of anilines is 1. The molecule has 0 saturated carbocycles. The molecule has 0 amide bonds. The second-order valence-electron chi connectivity index (χ2n) is 5.83. The standard InChI is InChI=1S/C16H20BrN3O/c1-16(2,3)15-19-13(18-4)9-14(20-15)21-10-11-6-5-7-12(17)8-11/h5-9H,10H2,1-4H3,(H,18,19,20). The van der Waals surface area contributed by atoms with Crippen LogP contribution in [0.1, 0.15) is 32.2 Å². The summed E-state index contributed by atoms with van der Waals surface area (Å²) >= 11 is 3.46. The monoisotopic (exact) mass is 349 g/mol. The molecule has 0 radical (unpaired) electrons. The van der Waals surface area contributed by atoms with E-state index in [4.69, 9.17) is 4.74 Å². The van der Waals surface area contributed by atoms with Gasteiger partial charge in [-0.2, -0.15) is 4.98 Å². The quantitative estimate of drug-likeness (QED) is 0.900. The van der Waals surface area contributed by atoms with Crippen LogP contribution in [0.2, 0.25) is 0 Å². The molecule has 0 unspecified atom stereocenters. The fourth-order valence-electron chi connectivity index (χ4n) is 1.75. The van der Waals surface area contributed by atoms with Crippen LogP contribution < -0.4 is 10.1 Å². The number of rotatable bonds is 4. The Kier molecular flexibility index (Phi) is 4.83. The third-order valence-corrected chi connectivity index (χ3v) is 3.40. The molecule has 0 atom stereocenters. The lowest BCUT2D eigenvalue weighted by atomic mass is 9.96. The summed E-state index contributed by atoms with van der Waals surface area (Å²) in [7, 11) is 1.84. The number of aromatic nitrogens is 2. The Labute approximate surface area is 134 Å². The molecule has 112 valence electrons. The molecule has 0 saturated heterocycles. The van der Waals surface area contributed by atoms with Crippen LogP contribution in [0.4, 0.5) is 5.82 Å². The van der Waals surface area contributed by atoms with Gasteiger partial charge >= 0.3 is 0 Å². The van der Waals surface area contributed by atoms with Crippen molar-refractivity contribution in [3.63, 3.8) is 0 Å². The van der Waals surface area contributed by atoms with Crippen LogP contribution in [0.25, 0.3) is 0 Å². The molecule has 1 heterocycles. The first-order valence-corrected chi connectivity index (χ1v) is 7.62. The second-order valence-corrected chi connectivity index (χ2v) is 6.75. The number of nitrogens with zero attached hydrogens (tertiary/aromatic N) is 2. The molecular formula is C16H20BrN3O. The molecule has 2 rings (SSSR count). The normalized spacial score (nSPS) is 11.3. The lowest BCUT2D eigenvalue weighted by Crippen LogP contribution is -2.17. The van der Waals surface area contributed by atoms with Crippen LogP contribution >= 0.6 is 15.9 Å². The summed E-state index contributed by atoms with van der Waals surface area (Å²) in [6, 6.07) is 9.85. The van der Waals surface area contributed by atoms with E-state index >= 15 is 0 Å². The Morgan fingerprint density at radius 1 is 1.19 bits per heavy atom. The minimum absolute atomic E-state index is 0.124. The van der Waals surface area contributed by atoms with Crippen molar-refractivity contribution in [3.05, 3.63) is 46.2 Å². The molecular weight excluding hydrogens is 330 g/mol. The van der Waals surface area contributed by atoms with Crippen molar-refractivity contribution in [1.29, 1.82) is 0 Å². The van der Waals surface area contributed by atoms with Gasteiger partial charge in [-0.15, -0.1) is 0 Å². The molecule has 0 fully saturated rings. The number of ether oxygens (including phenoxy) is 1. The smallest absolute Gasteiger partial charge is 0.219 e. The van der Waals surface area contributed by atoms with Gasteiger partial charge in [0.2, 0.25) is 5.88 Å². The van der Waals surface area contributed by atoms with Crippen LogP contribution in [-0.2, 0) is 12.0 Å². The SMILES string of the molecule is CNc1cc(OCc2cccc(Br)c2)nc(C(C)(C)C)n1. The van der Waals surface area contributed by atoms with E-state index in [0.717, 1.165) is 21.7 Å². The van der Waals surface area contributed by atoms with E-state index in [9.17, 15) is 0 Å². The lowest BCUT2D eigenvalue weighted by Gasteiger charge is -2.18. The van der Waals surface area contributed by atoms with Gasteiger partial charge in [-0.3, -0.25) is 0 Å². The first-order valence-electron chi connectivity index (χ1n) is 6.83. The summed E-state index contributed by atoms with van der Waals surface area (Å²) < 4.78 is 6.85. The van der Waals surface area contributed by atoms with Gasteiger partial charge in [-0.05, 0) is 17.7 Å². The van der Waals surface area contributed by atoms with Gasteiger partial charge < -0.3 is 10.1 Å². The Balaban J connectivity index is 2.19. The van der Waals surface area contributed by atoms with Crippen molar-refractivity contribution >= 4 is 21.7 Å². The van der Waals surface area contributed by atoms with Crippen molar-refractivity contribution in [1.82, 2.24) is 9.97 Å². The fraction of sp³-hybridized carbons (Fsp3) is 0.375. The van der Waals surface area contributed by atoms with Gasteiger partial charge in [0.1, 0.15) is 18.2 Å². The largest absolute Gasteiger partial charge is 0.473 e. The molecule has 4 nitrogen and oxygen atoms in total. The fourth-order valence-corrected chi connectivity index (χ4v) is 2.19. The first-order chi connectivity index (χ1) is 9.88. The Morgan fingerprint density at radius 2 is 1.95 bits per heavy atom. The van der Waals surface area contributed by atoms with E-state index < -0.39 is 0 Å². The second kappa shape index (κ2) is 6.43. The van der Waals surface area contributed by atoms with Crippen LogP contribution in [0.5, 0.6) is 5.88 Å². The molecule has 0 aliphatic carbocycles. The molecule has 0 aliphatic rings. The first kappa shape index (κ1) is 15.8. The minimum atomic E-state index is -0.124. The summed E-state index contributed by atoms with van der Waals surface area (Å²) in [5.41, 5.74) is 0.965. The van der Waals surface area contributed by atoms with E-state index in [1.165, 1.54) is 0 Å². The lowest BCUT2D eigenvalue weighted by molar-refractivity contribution is 0.290. The third-order valence-electron chi connectivity index (χ3n) is 2.91. The van der Waals surface area contributed by atoms with Crippen molar-refractivity contribution in [2.24, 2.45) is 0 Å². The van der Waals surface area contributed by atoms with Crippen molar-refractivity contribution in [2.75, 3.05) is 12.4 Å². The van der Waals surface area contributed by atoms with Crippen molar-refractivity contribution in [3.8, 4) is 5.88 Å². The molecule has 21 heavy (non-hydrogen) atoms. The van der Waals surface area contributed by atoms with Crippen molar-refractivity contribution < 1.29 is 4.74 Å². The topological polar surface area (TPSA) is 47.0 Å². The summed E-state index contributed by atoms with van der Waals surface area (Å²) in [5.74, 6) is 2.11. The molecule has 1 N–H and O–H groups in total. The molecule has 0 aliphatic heterocycles. The Bertz CT molecular complexity index is 623. The Hall–Kier alpha value is -1.62. The zero-order valence-electron chi connectivity index (χ0n) is 12.8. The number of nitrogens with one attached hydrogen (secondary N) is 1. The predicted octanol–water partition coefficient (Wildman–Crippen LogP) is 4.16. The summed E-state index contributed by atoms with van der Waals surface area (Å²) in [6.45, 7) is 6.72. The maximum absolute atomic E-state index is 5.81. The average molecular weight is 350 g/mol. The van der Waals surface area contributed by atoms with E-state index in [1.807, 2.05) is 37.4 Å². The summed E-state index contributed by atoms with van der Waals surface area (Å²) in [5, 5.41) is 3.05. The molecule has 0 spiro atoms. The van der Waals surface area contributed by atoms with Crippen LogP contribution in [0.3, 0.4) is 0 Å². The van der Waals surface area contributed by atoms with Crippen LogP contribution in [0, 0.1) is 0 Å². The zero-order valence-corrected chi connectivity index (χ0v) is 14.4.